The summed E-state index contributed by atoms with van der Waals surface area (Å²) in [7, 11) is 7.52. The molecule has 1 aromatic carbocycles. The summed E-state index contributed by atoms with van der Waals surface area (Å²) in [4.78, 5) is 24.6. The Morgan fingerprint density at radius 1 is 1.09 bits per heavy atom. The lowest BCUT2D eigenvalue weighted by Gasteiger charge is -2.19. The molecule has 6 nitrogen and oxygen atoms in total. The van der Waals surface area contributed by atoms with Crippen molar-refractivity contribution in [3.63, 3.8) is 0 Å². The Morgan fingerprint density at radius 3 is 2.36 bits per heavy atom. The second kappa shape index (κ2) is 6.89. The molecule has 116 valence electrons. The van der Waals surface area contributed by atoms with Gasteiger partial charge in [-0.15, -0.1) is 0 Å². The highest BCUT2D eigenvalue weighted by molar-refractivity contribution is 5.94. The molecule has 1 N–H and O–H groups in total. The van der Waals surface area contributed by atoms with Gasteiger partial charge in [0.2, 0.25) is 11.9 Å². The second-order valence-corrected chi connectivity index (χ2v) is 5.41. The maximum Gasteiger partial charge on any atom is 0.228 e. The van der Waals surface area contributed by atoms with E-state index < -0.39 is 0 Å². The van der Waals surface area contributed by atoms with Gasteiger partial charge in [-0.1, -0.05) is 30.3 Å². The van der Waals surface area contributed by atoms with Crippen molar-refractivity contribution in [1.29, 1.82) is 0 Å². The van der Waals surface area contributed by atoms with Crippen LogP contribution in [0.25, 0.3) is 0 Å². The average Bonchev–Trinajstić information content (AvgIpc) is 2.48. The van der Waals surface area contributed by atoms with Crippen molar-refractivity contribution in [3.05, 3.63) is 42.1 Å². The summed E-state index contributed by atoms with van der Waals surface area (Å²) in [6, 6.07) is 9.63. The Morgan fingerprint density at radius 2 is 1.77 bits per heavy atom. The zero-order valence-electron chi connectivity index (χ0n) is 13.4. The highest BCUT2D eigenvalue weighted by Crippen LogP contribution is 2.23. The summed E-state index contributed by atoms with van der Waals surface area (Å²) in [5.74, 6) is 1.19. The molecule has 2 rings (SSSR count). The SMILES string of the molecule is CN(C)c1ncc(NC(=O)Cc2ccccc2)c(N(C)C)n1. The summed E-state index contributed by atoms with van der Waals surface area (Å²) in [5.41, 5.74) is 1.58. The molecular weight excluding hydrogens is 278 g/mol. The summed E-state index contributed by atoms with van der Waals surface area (Å²) in [6.07, 6.45) is 1.96. The number of nitrogens with zero attached hydrogens (tertiary/aromatic N) is 4. The van der Waals surface area contributed by atoms with E-state index in [1.54, 1.807) is 6.20 Å². The highest BCUT2D eigenvalue weighted by atomic mass is 16.1. The molecule has 0 bridgehead atoms. The predicted octanol–water partition coefficient (Wildman–Crippen LogP) is 1.79. The molecule has 0 aliphatic heterocycles. The van der Waals surface area contributed by atoms with Gasteiger partial charge in [-0.25, -0.2) is 4.98 Å². The van der Waals surface area contributed by atoms with Crippen LogP contribution in [0, 0.1) is 0 Å². The van der Waals surface area contributed by atoms with E-state index >= 15 is 0 Å². The van der Waals surface area contributed by atoms with Gasteiger partial charge in [-0.3, -0.25) is 4.79 Å². The van der Waals surface area contributed by atoms with E-state index in [9.17, 15) is 4.79 Å². The quantitative estimate of drug-likeness (QED) is 0.912. The largest absolute Gasteiger partial charge is 0.361 e. The van der Waals surface area contributed by atoms with Crippen molar-refractivity contribution < 1.29 is 4.79 Å². The molecule has 22 heavy (non-hydrogen) atoms. The van der Waals surface area contributed by atoms with E-state index in [4.69, 9.17) is 0 Å². The van der Waals surface area contributed by atoms with Gasteiger partial charge in [0.1, 0.15) is 5.69 Å². The zero-order valence-corrected chi connectivity index (χ0v) is 13.4. The van der Waals surface area contributed by atoms with Crippen LogP contribution < -0.4 is 15.1 Å². The lowest BCUT2D eigenvalue weighted by molar-refractivity contribution is -0.115. The fraction of sp³-hybridized carbons (Fsp3) is 0.312. The van der Waals surface area contributed by atoms with Gasteiger partial charge in [-0.05, 0) is 5.56 Å². The van der Waals surface area contributed by atoms with Crippen molar-refractivity contribution in [2.45, 2.75) is 6.42 Å². The zero-order chi connectivity index (χ0) is 16.1. The number of nitrogens with one attached hydrogen (secondary N) is 1. The molecule has 1 heterocycles. The number of anilines is 3. The number of hydrogen-bond acceptors (Lipinski definition) is 5. The molecular formula is C16H21N5O. The number of amides is 1. The fourth-order valence-corrected chi connectivity index (χ4v) is 1.98. The van der Waals surface area contributed by atoms with Crippen LogP contribution in [0.15, 0.2) is 36.5 Å². The first-order valence-electron chi connectivity index (χ1n) is 7.03. The first-order valence-corrected chi connectivity index (χ1v) is 7.03. The lowest BCUT2D eigenvalue weighted by Crippen LogP contribution is -2.21. The number of aromatic nitrogens is 2. The number of benzene rings is 1. The molecule has 0 fully saturated rings. The van der Waals surface area contributed by atoms with E-state index in [0.717, 1.165) is 5.56 Å². The van der Waals surface area contributed by atoms with Crippen molar-refractivity contribution in [3.8, 4) is 0 Å². The summed E-state index contributed by atoms with van der Waals surface area (Å²) < 4.78 is 0. The number of carbonyl (C=O) groups is 1. The Kier molecular flexibility index (Phi) is 4.93. The standard InChI is InChI=1S/C16H21N5O/c1-20(2)15-13(11-17-16(19-15)21(3)4)18-14(22)10-12-8-6-5-7-9-12/h5-9,11H,10H2,1-4H3,(H,18,22). The van der Waals surface area contributed by atoms with Gasteiger partial charge >= 0.3 is 0 Å². The minimum absolute atomic E-state index is 0.0875. The molecule has 0 atom stereocenters. The number of rotatable bonds is 5. The topological polar surface area (TPSA) is 61.4 Å². The third-order valence-electron chi connectivity index (χ3n) is 3.06. The molecule has 1 aromatic heterocycles. The molecule has 2 aromatic rings. The normalized spacial score (nSPS) is 10.2. The highest BCUT2D eigenvalue weighted by Gasteiger charge is 2.13. The molecule has 0 aliphatic rings. The Bertz CT molecular complexity index is 640. The smallest absolute Gasteiger partial charge is 0.228 e. The molecule has 0 radical (unpaired) electrons. The minimum Gasteiger partial charge on any atom is -0.361 e. The summed E-state index contributed by atoms with van der Waals surface area (Å²) in [6.45, 7) is 0. The molecule has 0 unspecified atom stereocenters. The van der Waals surface area contributed by atoms with Gasteiger partial charge in [0, 0.05) is 28.2 Å². The van der Waals surface area contributed by atoms with E-state index in [-0.39, 0.29) is 5.91 Å². The molecule has 0 saturated heterocycles. The Balaban J connectivity index is 2.16. The third-order valence-corrected chi connectivity index (χ3v) is 3.06. The molecule has 1 amide bonds. The van der Waals surface area contributed by atoms with E-state index in [1.807, 2.05) is 68.3 Å². The monoisotopic (exact) mass is 299 g/mol. The maximum atomic E-state index is 12.2. The third kappa shape index (κ3) is 3.94. The van der Waals surface area contributed by atoms with Crippen molar-refractivity contribution in [2.75, 3.05) is 43.3 Å². The van der Waals surface area contributed by atoms with Gasteiger partial charge < -0.3 is 15.1 Å². The van der Waals surface area contributed by atoms with Gasteiger partial charge in [0.05, 0.1) is 12.6 Å². The summed E-state index contributed by atoms with van der Waals surface area (Å²) >= 11 is 0. The lowest BCUT2D eigenvalue weighted by atomic mass is 10.1. The average molecular weight is 299 g/mol. The molecule has 0 saturated carbocycles. The van der Waals surface area contributed by atoms with Crippen LogP contribution in [0.4, 0.5) is 17.5 Å². The van der Waals surface area contributed by atoms with Crippen LogP contribution in [-0.2, 0) is 11.2 Å². The fourth-order valence-electron chi connectivity index (χ4n) is 1.98. The van der Waals surface area contributed by atoms with Crippen molar-refractivity contribution in [1.82, 2.24) is 9.97 Å². The van der Waals surface area contributed by atoms with E-state index in [0.29, 0.717) is 23.9 Å². The van der Waals surface area contributed by atoms with Crippen LogP contribution >= 0.6 is 0 Å². The summed E-state index contributed by atoms with van der Waals surface area (Å²) in [5, 5.41) is 2.88. The molecule has 0 spiro atoms. The van der Waals surface area contributed by atoms with Crippen LogP contribution in [-0.4, -0.2) is 44.1 Å². The van der Waals surface area contributed by atoms with Gasteiger partial charge in [0.25, 0.3) is 0 Å². The molecule has 0 aliphatic carbocycles. The predicted molar refractivity (Wildman–Crippen MR) is 89.5 cm³/mol. The molecule has 6 heteroatoms. The van der Waals surface area contributed by atoms with Gasteiger partial charge in [-0.2, -0.15) is 4.98 Å². The first kappa shape index (κ1) is 15.8. The Hall–Kier alpha value is -2.63. The van der Waals surface area contributed by atoms with Crippen LogP contribution in [0.1, 0.15) is 5.56 Å². The number of hydrogen-bond donors (Lipinski definition) is 1. The number of carbonyl (C=O) groups excluding carboxylic acids is 1. The van der Waals surface area contributed by atoms with Crippen molar-refractivity contribution >= 4 is 23.4 Å². The van der Waals surface area contributed by atoms with Crippen LogP contribution in [0.5, 0.6) is 0 Å². The second-order valence-electron chi connectivity index (χ2n) is 5.41. The van der Waals surface area contributed by atoms with Crippen LogP contribution in [0.3, 0.4) is 0 Å². The van der Waals surface area contributed by atoms with Gasteiger partial charge in [0.15, 0.2) is 5.82 Å². The van der Waals surface area contributed by atoms with E-state index in [2.05, 4.69) is 15.3 Å². The van der Waals surface area contributed by atoms with Crippen LogP contribution in [0.2, 0.25) is 0 Å². The van der Waals surface area contributed by atoms with Crippen molar-refractivity contribution in [2.24, 2.45) is 0 Å². The van der Waals surface area contributed by atoms with E-state index in [1.165, 1.54) is 0 Å². The minimum atomic E-state index is -0.0875. The Labute approximate surface area is 130 Å². The first-order chi connectivity index (χ1) is 10.5. The maximum absolute atomic E-state index is 12.2.